The normalized spacial score (nSPS) is 19.1. The van der Waals surface area contributed by atoms with Crippen LogP contribution in [0.25, 0.3) is 10.8 Å². The Bertz CT molecular complexity index is 2130. The fourth-order valence-corrected chi connectivity index (χ4v) is 8.89. The molecule has 7 rings (SSSR count). The van der Waals surface area contributed by atoms with Crippen LogP contribution < -0.4 is 19.8 Å². The Kier molecular flexibility index (Phi) is 7.68. The molecule has 1 aromatic heterocycles. The molecular weight excluding hydrogens is 652 g/mol. The van der Waals surface area contributed by atoms with Crippen LogP contribution in [0.15, 0.2) is 101 Å². The monoisotopic (exact) mass is 675 g/mol. The highest BCUT2D eigenvalue weighted by Crippen LogP contribution is 2.54. The van der Waals surface area contributed by atoms with E-state index >= 15 is 0 Å². The van der Waals surface area contributed by atoms with Crippen molar-refractivity contribution in [1.82, 2.24) is 4.57 Å². The molecule has 0 saturated carbocycles. The first-order chi connectivity index (χ1) is 22.5. The number of methoxy groups -OCH3 is 1. The summed E-state index contributed by atoms with van der Waals surface area (Å²) in [5, 5.41) is 4.06. The summed E-state index contributed by atoms with van der Waals surface area (Å²) >= 11 is 1.87. The number of halogens is 3. The number of thioether (sulfide) groups is 1. The Morgan fingerprint density at radius 3 is 2.36 bits per heavy atom. The summed E-state index contributed by atoms with van der Waals surface area (Å²) in [5.41, 5.74) is -0.0182. The molecule has 2 aliphatic rings. The van der Waals surface area contributed by atoms with Crippen LogP contribution >= 0.6 is 23.1 Å². The van der Waals surface area contributed by atoms with E-state index in [-0.39, 0.29) is 12.2 Å². The van der Waals surface area contributed by atoms with Crippen molar-refractivity contribution in [3.8, 4) is 5.75 Å². The highest BCUT2D eigenvalue weighted by Gasteiger charge is 2.57. The van der Waals surface area contributed by atoms with Gasteiger partial charge in [-0.25, -0.2) is 4.90 Å². The lowest BCUT2D eigenvalue weighted by molar-refractivity contribution is -0.137. The molecule has 1 fully saturated rings. The number of anilines is 2. The van der Waals surface area contributed by atoms with Gasteiger partial charge in [0.15, 0.2) is 0 Å². The summed E-state index contributed by atoms with van der Waals surface area (Å²) < 4.78 is 47.2. The number of amides is 3. The van der Waals surface area contributed by atoms with E-state index in [9.17, 15) is 32.3 Å². The molecule has 3 amide bonds. The summed E-state index contributed by atoms with van der Waals surface area (Å²) in [5.74, 6) is -3.07. The number of nitrogens with zero attached hydrogens (tertiary/aromatic N) is 2. The van der Waals surface area contributed by atoms with Crippen LogP contribution in [0.1, 0.15) is 21.9 Å². The predicted molar refractivity (Wildman–Crippen MR) is 173 cm³/mol. The minimum absolute atomic E-state index is 0.186. The Labute approximate surface area is 273 Å². The molecule has 3 atom stereocenters. The van der Waals surface area contributed by atoms with Crippen LogP contribution in [0.2, 0.25) is 0 Å². The summed E-state index contributed by atoms with van der Waals surface area (Å²) in [6.07, 6.45) is -4.68. The minimum Gasteiger partial charge on any atom is -0.497 e. The second kappa shape index (κ2) is 11.7. The molecule has 13 heteroatoms. The molecule has 8 nitrogen and oxygen atoms in total. The number of rotatable bonds is 6. The van der Waals surface area contributed by atoms with E-state index in [1.165, 1.54) is 17.7 Å². The smallest absolute Gasteiger partial charge is 0.416 e. The number of thiazole rings is 1. The molecule has 238 valence electrons. The largest absolute Gasteiger partial charge is 0.497 e. The molecule has 0 aliphatic carbocycles. The molecule has 0 bridgehead atoms. The van der Waals surface area contributed by atoms with Crippen molar-refractivity contribution in [3.63, 3.8) is 0 Å². The van der Waals surface area contributed by atoms with Gasteiger partial charge in [0, 0.05) is 16.5 Å². The van der Waals surface area contributed by atoms with Gasteiger partial charge in [0.25, 0.3) is 0 Å². The number of hydrogen-bond donors (Lipinski definition) is 1. The quantitative estimate of drug-likeness (QED) is 0.206. The van der Waals surface area contributed by atoms with Gasteiger partial charge in [-0.15, -0.1) is 0 Å². The number of ether oxygens (including phenoxy) is 1. The number of nitrogens with one attached hydrogen (secondary N) is 1. The fourth-order valence-electron chi connectivity index (χ4n) is 6.11. The van der Waals surface area contributed by atoms with Gasteiger partial charge < -0.3 is 10.1 Å². The third kappa shape index (κ3) is 5.48. The van der Waals surface area contributed by atoms with Crippen LogP contribution in [0.4, 0.5) is 24.5 Å². The van der Waals surface area contributed by atoms with Crippen LogP contribution in [0.3, 0.4) is 0 Å². The Morgan fingerprint density at radius 1 is 0.894 bits per heavy atom. The van der Waals surface area contributed by atoms with Gasteiger partial charge in [-0.05, 0) is 58.8 Å². The zero-order chi connectivity index (χ0) is 33.0. The Hall–Kier alpha value is -4.88. The molecule has 5 aromatic rings. The molecular formula is C34H24F3N3O5S2. The number of benzene rings is 4. The van der Waals surface area contributed by atoms with Gasteiger partial charge in [-0.1, -0.05) is 71.6 Å². The van der Waals surface area contributed by atoms with Gasteiger partial charge in [0.05, 0.1) is 29.3 Å². The zero-order valence-electron chi connectivity index (χ0n) is 24.5. The summed E-state index contributed by atoms with van der Waals surface area (Å²) in [4.78, 5) is 55.5. The van der Waals surface area contributed by atoms with E-state index in [1.807, 2.05) is 36.4 Å². The Morgan fingerprint density at radius 2 is 1.64 bits per heavy atom. The summed E-state index contributed by atoms with van der Waals surface area (Å²) in [6, 6.07) is 24.0. The fraction of sp³-hybridized carbons (Fsp3) is 0.176. The standard InChI is InChI=1S/C34H24F3N3O5S2/c1-45-24-13-10-19(11-14-24)26-27-28(31(43)40(30(27)42)23-8-4-7-21(16-23)34(35,36)37)46-32-29(26)47-33(44)39(32)17-25(41)38-22-12-9-18-5-2-3-6-20(18)15-22/h2-16,26-28H,17H2,1H3,(H,38,41). The highest BCUT2D eigenvalue weighted by molar-refractivity contribution is 8.00. The van der Waals surface area contributed by atoms with Gasteiger partial charge in [0.1, 0.15) is 17.5 Å². The van der Waals surface area contributed by atoms with Crippen molar-refractivity contribution in [1.29, 1.82) is 0 Å². The Balaban J connectivity index is 1.26. The SMILES string of the molecule is COc1ccc(C2c3sc(=O)n(CC(=O)Nc4ccc5ccccc5c4)c3SC3C(=O)N(c4cccc(C(F)(F)F)c4)C(=O)C32)cc1. The predicted octanol–water partition coefficient (Wildman–Crippen LogP) is 6.52. The average molecular weight is 676 g/mol. The molecule has 1 saturated heterocycles. The lowest BCUT2D eigenvalue weighted by Crippen LogP contribution is -2.33. The maximum Gasteiger partial charge on any atom is 0.416 e. The molecule has 3 unspecified atom stereocenters. The molecule has 47 heavy (non-hydrogen) atoms. The number of aromatic nitrogens is 1. The van der Waals surface area contributed by atoms with E-state index in [0.29, 0.717) is 26.9 Å². The van der Waals surface area contributed by atoms with Crippen LogP contribution in [0, 0.1) is 5.92 Å². The van der Waals surface area contributed by atoms with Gasteiger partial charge in [-0.3, -0.25) is 23.7 Å². The van der Waals surface area contributed by atoms with E-state index in [2.05, 4.69) is 5.32 Å². The number of hydrogen-bond acceptors (Lipinski definition) is 7. The minimum atomic E-state index is -4.68. The average Bonchev–Trinajstić information content (AvgIpc) is 3.50. The van der Waals surface area contributed by atoms with E-state index in [4.69, 9.17) is 4.74 Å². The molecule has 0 radical (unpaired) electrons. The van der Waals surface area contributed by atoms with E-state index in [1.54, 1.807) is 30.3 Å². The number of carbonyl (C=O) groups is 3. The van der Waals surface area contributed by atoms with Crippen LogP contribution in [-0.4, -0.2) is 34.6 Å². The lowest BCUT2D eigenvalue weighted by Gasteiger charge is -2.30. The van der Waals surface area contributed by atoms with Gasteiger partial charge >= 0.3 is 11.0 Å². The molecule has 1 N–H and O–H groups in total. The summed E-state index contributed by atoms with van der Waals surface area (Å²) in [7, 11) is 1.50. The van der Waals surface area contributed by atoms with Crippen molar-refractivity contribution >= 4 is 63.0 Å². The zero-order valence-corrected chi connectivity index (χ0v) is 26.1. The van der Waals surface area contributed by atoms with Gasteiger partial charge in [0.2, 0.25) is 17.7 Å². The molecule has 3 heterocycles. The first-order valence-electron chi connectivity index (χ1n) is 14.4. The summed E-state index contributed by atoms with van der Waals surface area (Å²) in [6.45, 7) is -0.351. The van der Waals surface area contributed by atoms with Crippen molar-refractivity contribution in [2.75, 3.05) is 17.3 Å². The number of carbonyl (C=O) groups excluding carboxylic acids is 3. The first-order valence-corrected chi connectivity index (χ1v) is 16.1. The molecule has 4 aromatic carbocycles. The lowest BCUT2D eigenvalue weighted by atomic mass is 9.83. The number of imide groups is 1. The molecule has 2 aliphatic heterocycles. The topological polar surface area (TPSA) is 97.7 Å². The van der Waals surface area contributed by atoms with Crippen molar-refractivity contribution in [3.05, 3.63) is 117 Å². The third-order valence-corrected chi connectivity index (χ3v) is 10.9. The van der Waals surface area contributed by atoms with Crippen molar-refractivity contribution in [2.45, 2.75) is 28.9 Å². The van der Waals surface area contributed by atoms with Crippen molar-refractivity contribution in [2.24, 2.45) is 5.92 Å². The third-order valence-electron chi connectivity index (χ3n) is 8.29. The number of fused-ring (bicyclic) bond motifs is 3. The van der Waals surface area contributed by atoms with E-state index in [0.717, 1.165) is 57.0 Å². The highest BCUT2D eigenvalue weighted by atomic mass is 32.2. The second-order valence-corrected chi connectivity index (χ2v) is 13.2. The maximum absolute atomic E-state index is 14.0. The van der Waals surface area contributed by atoms with Crippen molar-refractivity contribution < 1.29 is 32.3 Å². The van der Waals surface area contributed by atoms with Crippen LogP contribution in [-0.2, 0) is 27.1 Å². The van der Waals surface area contributed by atoms with Crippen LogP contribution in [0.5, 0.6) is 5.75 Å². The maximum atomic E-state index is 14.0. The molecule has 0 spiro atoms. The van der Waals surface area contributed by atoms with Gasteiger partial charge in [-0.2, -0.15) is 13.2 Å². The second-order valence-electron chi connectivity index (χ2n) is 11.1. The first kappa shape index (κ1) is 30.8. The van der Waals surface area contributed by atoms with E-state index < -0.39 is 51.4 Å². The number of alkyl halides is 3.